The molecule has 0 aliphatic rings. The first kappa shape index (κ1) is 10.5. The van der Waals surface area contributed by atoms with Crippen LogP contribution in [0.15, 0.2) is 42.5 Å². The quantitative estimate of drug-likeness (QED) is 0.575. The molecule has 3 heteroatoms. The predicted octanol–water partition coefficient (Wildman–Crippen LogP) is 1.24. The molecular weight excluding hydrogens is 178 g/mol. The number of rotatable bonds is 4. The Kier molecular flexibility index (Phi) is 4.44. The topological polar surface area (TPSA) is 52.3 Å². The van der Waals surface area contributed by atoms with Crippen LogP contribution in [-0.4, -0.2) is 12.5 Å². The lowest BCUT2D eigenvalue weighted by Gasteiger charge is -2.00. The molecule has 0 unspecified atom stereocenters. The van der Waals surface area contributed by atoms with Gasteiger partial charge in [-0.3, -0.25) is 0 Å². The normalized spacial score (nSPS) is 10.4. The first-order chi connectivity index (χ1) is 6.83. The van der Waals surface area contributed by atoms with Crippen LogP contribution in [0.2, 0.25) is 0 Å². The van der Waals surface area contributed by atoms with Crippen LogP contribution in [0.25, 0.3) is 0 Å². The summed E-state index contributed by atoms with van der Waals surface area (Å²) in [5.41, 5.74) is 6.16. The minimum atomic E-state index is -0.362. The third kappa shape index (κ3) is 3.87. The highest BCUT2D eigenvalue weighted by atomic mass is 16.5. The van der Waals surface area contributed by atoms with Gasteiger partial charge in [-0.1, -0.05) is 36.4 Å². The molecular formula is C11H13NO2. The number of carbonyl (C=O) groups excluding carboxylic acids is 1. The zero-order chi connectivity index (χ0) is 10.2. The third-order valence-corrected chi connectivity index (χ3v) is 1.61. The van der Waals surface area contributed by atoms with Gasteiger partial charge in [-0.2, -0.15) is 0 Å². The van der Waals surface area contributed by atoms with Gasteiger partial charge < -0.3 is 10.5 Å². The van der Waals surface area contributed by atoms with E-state index in [-0.39, 0.29) is 5.97 Å². The van der Waals surface area contributed by atoms with Crippen LogP contribution in [0.1, 0.15) is 5.56 Å². The van der Waals surface area contributed by atoms with Gasteiger partial charge in [0.25, 0.3) is 0 Å². The number of hydrogen-bond donors (Lipinski definition) is 1. The monoisotopic (exact) mass is 191 g/mol. The molecule has 0 fully saturated rings. The van der Waals surface area contributed by atoms with Crippen LogP contribution in [0, 0.1) is 0 Å². The molecule has 14 heavy (non-hydrogen) atoms. The van der Waals surface area contributed by atoms with Crippen LogP contribution in [-0.2, 0) is 16.1 Å². The van der Waals surface area contributed by atoms with Gasteiger partial charge in [0.15, 0.2) is 0 Å². The number of carbonyl (C=O) groups is 1. The van der Waals surface area contributed by atoms with Crippen molar-refractivity contribution in [3.05, 3.63) is 48.0 Å². The van der Waals surface area contributed by atoms with Gasteiger partial charge in [0.2, 0.25) is 0 Å². The number of ether oxygens (including phenoxy) is 1. The van der Waals surface area contributed by atoms with E-state index in [0.717, 1.165) is 5.56 Å². The van der Waals surface area contributed by atoms with Crippen molar-refractivity contribution in [2.24, 2.45) is 5.73 Å². The van der Waals surface area contributed by atoms with Crippen LogP contribution in [0.5, 0.6) is 0 Å². The average molecular weight is 191 g/mol. The summed E-state index contributed by atoms with van der Waals surface area (Å²) in [5.74, 6) is -0.362. The number of nitrogens with two attached hydrogens (primary N) is 1. The lowest BCUT2D eigenvalue weighted by atomic mass is 10.2. The summed E-state index contributed by atoms with van der Waals surface area (Å²) in [6, 6.07) is 9.53. The largest absolute Gasteiger partial charge is 0.458 e. The molecule has 1 rings (SSSR count). The van der Waals surface area contributed by atoms with Crippen molar-refractivity contribution in [1.82, 2.24) is 0 Å². The zero-order valence-corrected chi connectivity index (χ0v) is 7.85. The molecule has 0 aliphatic heterocycles. The fourth-order valence-corrected chi connectivity index (χ4v) is 0.941. The molecule has 0 atom stereocenters. The van der Waals surface area contributed by atoms with E-state index in [1.54, 1.807) is 6.08 Å². The summed E-state index contributed by atoms with van der Waals surface area (Å²) in [5, 5.41) is 0. The molecule has 1 aromatic rings. The van der Waals surface area contributed by atoms with E-state index >= 15 is 0 Å². The summed E-state index contributed by atoms with van der Waals surface area (Å²) < 4.78 is 4.95. The van der Waals surface area contributed by atoms with E-state index in [4.69, 9.17) is 10.5 Å². The molecule has 0 aliphatic carbocycles. The van der Waals surface area contributed by atoms with E-state index in [9.17, 15) is 4.79 Å². The molecule has 3 nitrogen and oxygen atoms in total. The first-order valence-corrected chi connectivity index (χ1v) is 4.40. The van der Waals surface area contributed by atoms with Gasteiger partial charge in [-0.15, -0.1) is 0 Å². The van der Waals surface area contributed by atoms with Gasteiger partial charge in [0.05, 0.1) is 0 Å². The van der Waals surface area contributed by atoms with Crippen molar-refractivity contribution in [1.29, 1.82) is 0 Å². The maximum absolute atomic E-state index is 11.0. The molecule has 1 aromatic carbocycles. The van der Waals surface area contributed by atoms with Gasteiger partial charge in [0.1, 0.15) is 6.61 Å². The lowest BCUT2D eigenvalue weighted by molar-refractivity contribution is -0.139. The smallest absolute Gasteiger partial charge is 0.330 e. The maximum Gasteiger partial charge on any atom is 0.330 e. The molecule has 0 spiro atoms. The van der Waals surface area contributed by atoms with E-state index in [1.807, 2.05) is 30.3 Å². The van der Waals surface area contributed by atoms with Crippen LogP contribution >= 0.6 is 0 Å². The molecule has 0 amide bonds. The van der Waals surface area contributed by atoms with E-state index in [0.29, 0.717) is 13.2 Å². The second-order valence-corrected chi connectivity index (χ2v) is 2.73. The van der Waals surface area contributed by atoms with Crippen LogP contribution in [0.3, 0.4) is 0 Å². The standard InChI is InChI=1S/C11H13NO2/c12-8-4-7-11(13)14-9-10-5-2-1-3-6-10/h1-7H,8-9,12H2. The highest BCUT2D eigenvalue weighted by molar-refractivity contribution is 5.81. The Morgan fingerprint density at radius 1 is 1.36 bits per heavy atom. The van der Waals surface area contributed by atoms with Crippen molar-refractivity contribution in [2.75, 3.05) is 6.54 Å². The van der Waals surface area contributed by atoms with Gasteiger partial charge >= 0.3 is 5.97 Å². The third-order valence-electron chi connectivity index (χ3n) is 1.61. The molecule has 74 valence electrons. The predicted molar refractivity (Wildman–Crippen MR) is 54.4 cm³/mol. The Morgan fingerprint density at radius 3 is 2.71 bits per heavy atom. The van der Waals surface area contributed by atoms with E-state index < -0.39 is 0 Å². The van der Waals surface area contributed by atoms with Crippen LogP contribution in [0.4, 0.5) is 0 Å². The molecule has 0 radical (unpaired) electrons. The summed E-state index contributed by atoms with van der Waals surface area (Å²) in [7, 11) is 0. The molecule has 0 bridgehead atoms. The molecule has 0 saturated carbocycles. The van der Waals surface area contributed by atoms with Crippen molar-refractivity contribution in [2.45, 2.75) is 6.61 Å². The fraction of sp³-hybridized carbons (Fsp3) is 0.182. The molecule has 0 aromatic heterocycles. The Morgan fingerprint density at radius 2 is 2.07 bits per heavy atom. The van der Waals surface area contributed by atoms with Crippen molar-refractivity contribution < 1.29 is 9.53 Å². The average Bonchev–Trinajstić information content (AvgIpc) is 2.25. The Labute approximate surface area is 83.2 Å². The molecule has 2 N–H and O–H groups in total. The summed E-state index contributed by atoms with van der Waals surface area (Å²) in [6.45, 7) is 0.648. The summed E-state index contributed by atoms with van der Waals surface area (Å²) >= 11 is 0. The van der Waals surface area contributed by atoms with Crippen molar-refractivity contribution >= 4 is 5.97 Å². The van der Waals surface area contributed by atoms with Gasteiger partial charge in [0, 0.05) is 12.6 Å². The maximum atomic E-state index is 11.0. The summed E-state index contributed by atoms with van der Waals surface area (Å²) in [6.07, 6.45) is 2.90. The number of hydrogen-bond acceptors (Lipinski definition) is 3. The minimum absolute atomic E-state index is 0.300. The van der Waals surface area contributed by atoms with Crippen LogP contribution < -0.4 is 5.73 Å². The Hall–Kier alpha value is -1.61. The fourth-order valence-electron chi connectivity index (χ4n) is 0.941. The molecule has 0 saturated heterocycles. The lowest BCUT2D eigenvalue weighted by Crippen LogP contribution is -2.02. The summed E-state index contributed by atoms with van der Waals surface area (Å²) in [4.78, 5) is 11.0. The van der Waals surface area contributed by atoms with Gasteiger partial charge in [-0.25, -0.2) is 4.79 Å². The molecule has 0 heterocycles. The minimum Gasteiger partial charge on any atom is -0.458 e. The first-order valence-electron chi connectivity index (χ1n) is 4.40. The second-order valence-electron chi connectivity index (χ2n) is 2.73. The SMILES string of the molecule is NCC=CC(=O)OCc1ccccc1. The number of benzene rings is 1. The second kappa shape index (κ2) is 5.94. The van der Waals surface area contributed by atoms with E-state index in [1.165, 1.54) is 6.08 Å². The van der Waals surface area contributed by atoms with E-state index in [2.05, 4.69) is 0 Å². The number of esters is 1. The van der Waals surface area contributed by atoms with Crippen molar-refractivity contribution in [3.8, 4) is 0 Å². The zero-order valence-electron chi connectivity index (χ0n) is 7.85. The van der Waals surface area contributed by atoms with Crippen molar-refractivity contribution in [3.63, 3.8) is 0 Å². The highest BCUT2D eigenvalue weighted by Crippen LogP contribution is 2.00. The van der Waals surface area contributed by atoms with Gasteiger partial charge in [-0.05, 0) is 5.56 Å². The highest BCUT2D eigenvalue weighted by Gasteiger charge is 1.96. The Bertz CT molecular complexity index is 306. The Balaban J connectivity index is 2.34.